The molecule has 3 unspecified atom stereocenters. The van der Waals surface area contributed by atoms with Gasteiger partial charge in [0.05, 0.1) is 5.69 Å². The molecule has 0 radical (unpaired) electrons. The first-order valence-corrected chi connectivity index (χ1v) is 6.41. The van der Waals surface area contributed by atoms with E-state index in [0.29, 0.717) is 17.1 Å². The van der Waals surface area contributed by atoms with Crippen molar-refractivity contribution in [3.63, 3.8) is 0 Å². The lowest BCUT2D eigenvalue weighted by molar-refractivity contribution is 0.280. The van der Waals surface area contributed by atoms with Gasteiger partial charge in [0.15, 0.2) is 5.15 Å². The van der Waals surface area contributed by atoms with Crippen molar-refractivity contribution in [1.29, 1.82) is 0 Å². The van der Waals surface area contributed by atoms with Crippen molar-refractivity contribution < 1.29 is 0 Å². The first kappa shape index (κ1) is 11.7. The number of pyridine rings is 1. The van der Waals surface area contributed by atoms with Crippen LogP contribution in [-0.4, -0.2) is 11.0 Å². The fourth-order valence-corrected chi connectivity index (χ4v) is 2.60. The molecule has 0 saturated heterocycles. The molecule has 1 aliphatic carbocycles. The molecule has 1 heterocycles. The summed E-state index contributed by atoms with van der Waals surface area (Å²) >= 11 is 6.05. The number of hydrogen-bond acceptors (Lipinski definition) is 2. The Morgan fingerprint density at radius 2 is 2.19 bits per heavy atom. The predicted octanol–water partition coefficient (Wildman–Crippen LogP) is 3.97. The number of aromatic nitrogens is 1. The summed E-state index contributed by atoms with van der Waals surface area (Å²) in [5, 5.41) is 4.11. The van der Waals surface area contributed by atoms with Gasteiger partial charge in [0.2, 0.25) is 0 Å². The van der Waals surface area contributed by atoms with E-state index in [0.717, 1.165) is 11.6 Å². The van der Waals surface area contributed by atoms with Gasteiger partial charge in [0, 0.05) is 12.2 Å². The van der Waals surface area contributed by atoms with Crippen LogP contribution in [0.4, 0.5) is 5.69 Å². The molecule has 3 atom stereocenters. The van der Waals surface area contributed by atoms with Crippen molar-refractivity contribution in [3.8, 4) is 0 Å². The van der Waals surface area contributed by atoms with Crippen LogP contribution in [0, 0.1) is 11.8 Å². The van der Waals surface area contributed by atoms with E-state index in [-0.39, 0.29) is 0 Å². The SMILES string of the molecule is CC1CCC(C)C(Nc2cccnc2Cl)C1. The average molecular weight is 239 g/mol. The number of rotatable bonds is 2. The molecule has 0 amide bonds. The van der Waals surface area contributed by atoms with Crippen LogP contribution in [0.25, 0.3) is 0 Å². The van der Waals surface area contributed by atoms with Gasteiger partial charge >= 0.3 is 0 Å². The molecule has 0 spiro atoms. The molecule has 2 nitrogen and oxygen atoms in total. The molecular weight excluding hydrogens is 220 g/mol. The van der Waals surface area contributed by atoms with Crippen LogP contribution < -0.4 is 5.32 Å². The summed E-state index contributed by atoms with van der Waals surface area (Å²) < 4.78 is 0. The largest absolute Gasteiger partial charge is 0.380 e. The van der Waals surface area contributed by atoms with Crippen LogP contribution in [0.5, 0.6) is 0 Å². The summed E-state index contributed by atoms with van der Waals surface area (Å²) in [6, 6.07) is 4.46. The first-order chi connectivity index (χ1) is 7.66. The van der Waals surface area contributed by atoms with Crippen LogP contribution in [0.3, 0.4) is 0 Å². The minimum Gasteiger partial charge on any atom is -0.380 e. The van der Waals surface area contributed by atoms with E-state index in [1.54, 1.807) is 6.20 Å². The fourth-order valence-electron chi connectivity index (χ4n) is 2.43. The van der Waals surface area contributed by atoms with E-state index in [1.807, 2.05) is 12.1 Å². The third-order valence-corrected chi connectivity index (χ3v) is 3.86. The maximum Gasteiger partial charge on any atom is 0.152 e. The lowest BCUT2D eigenvalue weighted by atomic mass is 9.80. The summed E-state index contributed by atoms with van der Waals surface area (Å²) in [5.41, 5.74) is 0.968. The van der Waals surface area contributed by atoms with E-state index in [2.05, 4.69) is 24.1 Å². The van der Waals surface area contributed by atoms with Gasteiger partial charge in [-0.3, -0.25) is 0 Å². The Labute approximate surface area is 102 Å². The van der Waals surface area contributed by atoms with Crippen molar-refractivity contribution in [2.75, 3.05) is 5.32 Å². The Bertz CT molecular complexity index is 354. The van der Waals surface area contributed by atoms with Gasteiger partial charge in [-0.2, -0.15) is 0 Å². The molecule has 16 heavy (non-hydrogen) atoms. The fraction of sp³-hybridized carbons (Fsp3) is 0.615. The number of nitrogens with one attached hydrogen (secondary N) is 1. The highest BCUT2D eigenvalue weighted by Crippen LogP contribution is 2.31. The molecule has 0 bridgehead atoms. The Hall–Kier alpha value is -0.760. The molecule has 2 rings (SSSR count). The summed E-state index contributed by atoms with van der Waals surface area (Å²) in [5.74, 6) is 1.52. The van der Waals surface area contributed by atoms with E-state index in [9.17, 15) is 0 Å². The smallest absolute Gasteiger partial charge is 0.152 e. The minimum absolute atomic E-state index is 0.533. The van der Waals surface area contributed by atoms with Crippen LogP contribution in [-0.2, 0) is 0 Å². The maximum atomic E-state index is 6.05. The molecule has 1 aliphatic rings. The normalized spacial score (nSPS) is 30.1. The van der Waals surface area contributed by atoms with Crippen molar-refractivity contribution >= 4 is 17.3 Å². The van der Waals surface area contributed by atoms with E-state index in [1.165, 1.54) is 19.3 Å². The van der Waals surface area contributed by atoms with Crippen molar-refractivity contribution in [1.82, 2.24) is 4.98 Å². The molecule has 0 aliphatic heterocycles. The monoisotopic (exact) mass is 238 g/mol. The molecule has 88 valence electrons. The van der Waals surface area contributed by atoms with Gasteiger partial charge in [-0.25, -0.2) is 4.98 Å². The van der Waals surface area contributed by atoms with E-state index in [4.69, 9.17) is 11.6 Å². The predicted molar refractivity (Wildman–Crippen MR) is 68.8 cm³/mol. The van der Waals surface area contributed by atoms with Crippen LogP contribution in [0.2, 0.25) is 5.15 Å². The second-order valence-corrected chi connectivity index (χ2v) is 5.35. The summed E-state index contributed by atoms with van der Waals surface area (Å²) in [4.78, 5) is 4.09. The minimum atomic E-state index is 0.533. The molecule has 0 aromatic carbocycles. The number of nitrogens with zero attached hydrogens (tertiary/aromatic N) is 1. The third-order valence-electron chi connectivity index (χ3n) is 3.56. The van der Waals surface area contributed by atoms with Crippen LogP contribution >= 0.6 is 11.6 Å². The van der Waals surface area contributed by atoms with E-state index >= 15 is 0 Å². The number of hydrogen-bond donors (Lipinski definition) is 1. The lowest BCUT2D eigenvalue weighted by Gasteiger charge is -2.34. The molecule has 3 heteroatoms. The molecule has 1 N–H and O–H groups in total. The lowest BCUT2D eigenvalue weighted by Crippen LogP contribution is -2.33. The van der Waals surface area contributed by atoms with Gasteiger partial charge in [0.1, 0.15) is 0 Å². The van der Waals surface area contributed by atoms with Crippen LogP contribution in [0.1, 0.15) is 33.1 Å². The van der Waals surface area contributed by atoms with Crippen molar-refractivity contribution in [2.45, 2.75) is 39.2 Å². The molecular formula is C13H19ClN2. The highest BCUT2D eigenvalue weighted by molar-refractivity contribution is 6.31. The standard InChI is InChI=1S/C13H19ClN2/c1-9-5-6-10(2)12(8-9)16-11-4-3-7-15-13(11)14/h3-4,7,9-10,12,16H,5-6,8H2,1-2H3. The van der Waals surface area contributed by atoms with Gasteiger partial charge in [-0.05, 0) is 36.8 Å². The van der Waals surface area contributed by atoms with Gasteiger partial charge in [-0.1, -0.05) is 31.9 Å². The topological polar surface area (TPSA) is 24.9 Å². The van der Waals surface area contributed by atoms with Gasteiger partial charge in [0.25, 0.3) is 0 Å². The quantitative estimate of drug-likeness (QED) is 0.789. The van der Waals surface area contributed by atoms with E-state index < -0.39 is 0 Å². The van der Waals surface area contributed by atoms with Crippen molar-refractivity contribution in [3.05, 3.63) is 23.5 Å². The second-order valence-electron chi connectivity index (χ2n) is 4.99. The number of anilines is 1. The van der Waals surface area contributed by atoms with Gasteiger partial charge in [-0.15, -0.1) is 0 Å². The van der Waals surface area contributed by atoms with Crippen molar-refractivity contribution in [2.24, 2.45) is 11.8 Å². The Kier molecular flexibility index (Phi) is 3.70. The Balaban J connectivity index is 2.06. The first-order valence-electron chi connectivity index (χ1n) is 6.04. The Morgan fingerprint density at radius 3 is 2.94 bits per heavy atom. The highest BCUT2D eigenvalue weighted by Gasteiger charge is 2.25. The summed E-state index contributed by atoms with van der Waals surface area (Å²) in [6.07, 6.45) is 5.60. The third kappa shape index (κ3) is 2.67. The maximum absolute atomic E-state index is 6.05. The molecule has 1 aromatic heterocycles. The zero-order chi connectivity index (χ0) is 11.5. The summed E-state index contributed by atoms with van der Waals surface area (Å²) in [6.45, 7) is 4.64. The summed E-state index contributed by atoms with van der Waals surface area (Å²) in [7, 11) is 0. The number of halogens is 1. The van der Waals surface area contributed by atoms with Gasteiger partial charge < -0.3 is 5.32 Å². The second kappa shape index (κ2) is 5.05. The average Bonchev–Trinajstić information content (AvgIpc) is 2.27. The molecule has 1 fully saturated rings. The van der Waals surface area contributed by atoms with Crippen LogP contribution in [0.15, 0.2) is 18.3 Å². The molecule has 1 aromatic rings. The highest BCUT2D eigenvalue weighted by atomic mass is 35.5. The zero-order valence-corrected chi connectivity index (χ0v) is 10.7. The Morgan fingerprint density at radius 1 is 1.38 bits per heavy atom. The molecule has 1 saturated carbocycles. The zero-order valence-electron chi connectivity index (χ0n) is 9.91.